The van der Waals surface area contributed by atoms with Crippen molar-refractivity contribution in [2.75, 3.05) is 0 Å². The Morgan fingerprint density at radius 1 is 1.45 bits per heavy atom. The van der Waals surface area contributed by atoms with Gasteiger partial charge >= 0.3 is 4.87 Å². The van der Waals surface area contributed by atoms with Gasteiger partial charge in [0.05, 0.1) is 10.2 Å². The zero-order chi connectivity index (χ0) is 7.84. The summed E-state index contributed by atoms with van der Waals surface area (Å²) < 4.78 is 0.961. The summed E-state index contributed by atoms with van der Waals surface area (Å²) >= 11 is 5.37. The second-order valence-electron chi connectivity index (χ2n) is 2.19. The molecule has 11 heavy (non-hydrogen) atoms. The van der Waals surface area contributed by atoms with Crippen LogP contribution in [-0.4, -0.2) is 4.98 Å². The first-order valence-corrected chi connectivity index (χ1v) is 4.34. The van der Waals surface area contributed by atoms with Crippen molar-refractivity contribution in [2.45, 2.75) is 4.90 Å². The number of thiol groups is 1. The van der Waals surface area contributed by atoms with Crippen molar-refractivity contribution in [3.63, 3.8) is 0 Å². The first kappa shape index (κ1) is 6.94. The highest BCUT2D eigenvalue weighted by Gasteiger charge is 1.97. The Bertz CT molecular complexity index is 443. The van der Waals surface area contributed by atoms with Crippen LogP contribution in [0.5, 0.6) is 0 Å². The summed E-state index contributed by atoms with van der Waals surface area (Å²) in [5.41, 5.74) is 0.887. The van der Waals surface area contributed by atoms with Crippen LogP contribution in [-0.2, 0) is 0 Å². The third-order valence-corrected chi connectivity index (χ3v) is 2.53. The minimum absolute atomic E-state index is 0.0149. The van der Waals surface area contributed by atoms with Crippen LogP contribution in [0.15, 0.2) is 27.9 Å². The van der Waals surface area contributed by atoms with Crippen LogP contribution >= 0.6 is 24.0 Å². The largest absolute Gasteiger partial charge is 0.312 e. The van der Waals surface area contributed by atoms with Crippen LogP contribution in [0, 0.1) is 0 Å². The fourth-order valence-corrected chi connectivity index (χ4v) is 2.00. The Labute approximate surface area is 72.3 Å². The highest BCUT2D eigenvalue weighted by molar-refractivity contribution is 7.80. The van der Waals surface area contributed by atoms with E-state index in [9.17, 15) is 4.79 Å². The van der Waals surface area contributed by atoms with Gasteiger partial charge in [-0.25, -0.2) is 0 Å². The van der Waals surface area contributed by atoms with E-state index in [1.807, 2.05) is 18.2 Å². The van der Waals surface area contributed by atoms with E-state index in [1.165, 1.54) is 11.3 Å². The average Bonchev–Trinajstić information content (AvgIpc) is 2.27. The highest BCUT2D eigenvalue weighted by atomic mass is 32.1. The average molecular weight is 183 g/mol. The molecule has 1 N–H and O–H groups in total. The molecule has 0 saturated carbocycles. The zero-order valence-corrected chi connectivity index (χ0v) is 7.21. The Balaban J connectivity index is 2.92. The topological polar surface area (TPSA) is 32.9 Å². The first-order valence-electron chi connectivity index (χ1n) is 3.07. The number of benzene rings is 1. The first-order chi connectivity index (χ1) is 5.25. The van der Waals surface area contributed by atoms with Gasteiger partial charge in [-0.15, -0.1) is 12.6 Å². The molecule has 56 valence electrons. The third-order valence-electron chi connectivity index (χ3n) is 1.40. The third kappa shape index (κ3) is 1.19. The van der Waals surface area contributed by atoms with E-state index >= 15 is 0 Å². The summed E-state index contributed by atoms with van der Waals surface area (Å²) in [5, 5.41) is 0. The molecule has 2 nitrogen and oxygen atoms in total. The number of H-pyrrole nitrogens is 1. The van der Waals surface area contributed by atoms with Crippen LogP contribution < -0.4 is 4.87 Å². The molecule has 0 bridgehead atoms. The number of hydrogen-bond acceptors (Lipinski definition) is 3. The Morgan fingerprint density at radius 3 is 3.09 bits per heavy atom. The summed E-state index contributed by atoms with van der Waals surface area (Å²) in [5.74, 6) is 0. The number of hydrogen-bond donors (Lipinski definition) is 2. The van der Waals surface area contributed by atoms with E-state index in [0.29, 0.717) is 0 Å². The van der Waals surface area contributed by atoms with Crippen molar-refractivity contribution in [2.24, 2.45) is 0 Å². The number of nitrogens with one attached hydrogen (secondary N) is 1. The van der Waals surface area contributed by atoms with Crippen LogP contribution in [0.25, 0.3) is 10.2 Å². The van der Waals surface area contributed by atoms with Crippen LogP contribution in [0.4, 0.5) is 0 Å². The lowest BCUT2D eigenvalue weighted by Crippen LogP contribution is -1.89. The molecular formula is C7H5NOS2. The molecule has 2 rings (SSSR count). The van der Waals surface area contributed by atoms with E-state index in [2.05, 4.69) is 17.6 Å². The van der Waals surface area contributed by atoms with Gasteiger partial charge < -0.3 is 4.98 Å². The number of aromatic amines is 1. The van der Waals surface area contributed by atoms with Crippen molar-refractivity contribution in [3.8, 4) is 0 Å². The monoisotopic (exact) mass is 183 g/mol. The van der Waals surface area contributed by atoms with Crippen molar-refractivity contribution in [3.05, 3.63) is 27.9 Å². The smallest absolute Gasteiger partial charge is 0.305 e. The SMILES string of the molecule is O=c1[nH]c2ccc(S)cc2s1. The minimum atomic E-state index is -0.0149. The van der Waals surface area contributed by atoms with Crippen molar-refractivity contribution < 1.29 is 0 Å². The number of thiazole rings is 1. The molecule has 0 aliphatic heterocycles. The molecule has 0 unspecified atom stereocenters. The summed E-state index contributed by atoms with van der Waals surface area (Å²) in [6.07, 6.45) is 0. The molecule has 1 aromatic carbocycles. The standard InChI is InChI=1S/C7H5NOS2/c9-7-8-5-2-1-4(10)3-6(5)11-7/h1-3,10H,(H,8,9). The summed E-state index contributed by atoms with van der Waals surface area (Å²) in [6.45, 7) is 0. The molecule has 0 atom stereocenters. The fraction of sp³-hybridized carbons (Fsp3) is 0. The summed E-state index contributed by atoms with van der Waals surface area (Å²) in [4.78, 5) is 14.4. The van der Waals surface area contributed by atoms with E-state index in [0.717, 1.165) is 15.1 Å². The van der Waals surface area contributed by atoms with Gasteiger partial charge in [-0.1, -0.05) is 11.3 Å². The predicted octanol–water partition coefficient (Wildman–Crippen LogP) is 1.88. The van der Waals surface area contributed by atoms with Crippen LogP contribution in [0.3, 0.4) is 0 Å². The summed E-state index contributed by atoms with van der Waals surface area (Å²) in [7, 11) is 0. The molecular weight excluding hydrogens is 178 g/mol. The fourth-order valence-electron chi connectivity index (χ4n) is 0.934. The van der Waals surface area contributed by atoms with Gasteiger partial charge in [0.2, 0.25) is 0 Å². The maximum absolute atomic E-state index is 10.8. The maximum atomic E-state index is 10.8. The van der Waals surface area contributed by atoms with Crippen molar-refractivity contribution >= 4 is 34.2 Å². The molecule has 0 radical (unpaired) electrons. The van der Waals surface area contributed by atoms with Gasteiger partial charge in [-0.05, 0) is 18.2 Å². The van der Waals surface area contributed by atoms with Gasteiger partial charge in [0.1, 0.15) is 0 Å². The predicted molar refractivity (Wildman–Crippen MR) is 49.7 cm³/mol. The maximum Gasteiger partial charge on any atom is 0.305 e. The van der Waals surface area contributed by atoms with Gasteiger partial charge in [-0.3, -0.25) is 4.79 Å². The van der Waals surface area contributed by atoms with Crippen molar-refractivity contribution in [1.82, 2.24) is 4.98 Å². The van der Waals surface area contributed by atoms with Gasteiger partial charge in [0.15, 0.2) is 0 Å². The molecule has 0 aliphatic carbocycles. The minimum Gasteiger partial charge on any atom is -0.312 e. The molecule has 0 spiro atoms. The Kier molecular flexibility index (Phi) is 1.51. The lowest BCUT2D eigenvalue weighted by molar-refractivity contribution is 1.39. The normalized spacial score (nSPS) is 10.6. The second kappa shape index (κ2) is 2.39. The van der Waals surface area contributed by atoms with Gasteiger partial charge in [0, 0.05) is 4.90 Å². The molecule has 0 fully saturated rings. The van der Waals surface area contributed by atoms with Crippen LogP contribution in [0.1, 0.15) is 0 Å². The lowest BCUT2D eigenvalue weighted by Gasteiger charge is -1.88. The van der Waals surface area contributed by atoms with Crippen LogP contribution in [0.2, 0.25) is 0 Å². The summed E-state index contributed by atoms with van der Waals surface area (Å²) in [6, 6.07) is 5.59. The van der Waals surface area contributed by atoms with E-state index in [1.54, 1.807) is 0 Å². The highest BCUT2D eigenvalue weighted by Crippen LogP contribution is 2.17. The number of fused-ring (bicyclic) bond motifs is 1. The Hall–Kier alpha value is -0.740. The second-order valence-corrected chi connectivity index (χ2v) is 3.73. The van der Waals surface area contributed by atoms with E-state index < -0.39 is 0 Å². The zero-order valence-electron chi connectivity index (χ0n) is 5.50. The Morgan fingerprint density at radius 2 is 2.27 bits per heavy atom. The van der Waals surface area contributed by atoms with E-state index in [4.69, 9.17) is 0 Å². The molecule has 0 amide bonds. The molecule has 2 aromatic rings. The van der Waals surface area contributed by atoms with Gasteiger partial charge in [0.25, 0.3) is 0 Å². The quantitative estimate of drug-likeness (QED) is 0.601. The molecule has 1 aromatic heterocycles. The molecule has 0 saturated heterocycles. The molecule has 1 heterocycles. The van der Waals surface area contributed by atoms with Gasteiger partial charge in [-0.2, -0.15) is 0 Å². The molecule has 4 heteroatoms. The van der Waals surface area contributed by atoms with Crippen molar-refractivity contribution in [1.29, 1.82) is 0 Å². The lowest BCUT2D eigenvalue weighted by atomic mass is 10.3. The number of rotatable bonds is 0. The number of aromatic nitrogens is 1. The molecule has 0 aliphatic rings. The van der Waals surface area contributed by atoms with E-state index in [-0.39, 0.29) is 4.87 Å².